The van der Waals surface area contributed by atoms with Crippen LogP contribution in [0.1, 0.15) is 108 Å². The fraction of sp³-hybridized carbons (Fsp3) is 0.661. The van der Waals surface area contributed by atoms with Gasteiger partial charge in [-0.25, -0.2) is 14.3 Å². The Bertz CT molecular complexity index is 2610. The van der Waals surface area contributed by atoms with Crippen LogP contribution in [0.5, 0.6) is 0 Å². The summed E-state index contributed by atoms with van der Waals surface area (Å²) in [6, 6.07) is 11.9. The molecule has 4 N–H and O–H groups in total. The highest BCUT2D eigenvalue weighted by Gasteiger charge is 2.55. The smallest absolute Gasteiger partial charge is 0.412 e. The van der Waals surface area contributed by atoms with Crippen LogP contribution in [0.3, 0.4) is 0 Å². The molecule has 0 aliphatic carbocycles. The van der Waals surface area contributed by atoms with Gasteiger partial charge in [0, 0.05) is 55.6 Å². The number of aryl methyl sites for hydroxylation is 1. The zero-order valence-electron chi connectivity index (χ0n) is 48.1. The van der Waals surface area contributed by atoms with E-state index in [1.165, 1.54) is 14.0 Å². The molecule has 2 amide bonds. The second-order valence-electron chi connectivity index (χ2n) is 23.0. The summed E-state index contributed by atoms with van der Waals surface area (Å²) in [6.07, 6.45) is 3.37. The first-order valence-electron chi connectivity index (χ1n) is 27.3. The van der Waals surface area contributed by atoms with Crippen molar-refractivity contribution in [1.29, 1.82) is 0 Å². The quantitative estimate of drug-likeness (QED) is 0.0340. The maximum Gasteiger partial charge on any atom is 0.412 e. The van der Waals surface area contributed by atoms with Crippen molar-refractivity contribution in [3.63, 3.8) is 0 Å². The van der Waals surface area contributed by atoms with Crippen LogP contribution < -0.4 is 10.6 Å². The summed E-state index contributed by atoms with van der Waals surface area (Å²) in [7, 11) is 5.26. The fourth-order valence-corrected chi connectivity index (χ4v) is 10.9. The Kier molecular flexibility index (Phi) is 20.7. The monoisotopic (exact) mass is 1090 g/mol. The molecule has 2 fully saturated rings. The molecule has 6 rings (SSSR count). The number of cyclic esters (lactones) is 1. The van der Waals surface area contributed by atoms with Gasteiger partial charge in [-0.15, -0.1) is 10.2 Å². The molecule has 22 heteroatoms. The van der Waals surface area contributed by atoms with Gasteiger partial charge in [0.2, 0.25) is 0 Å². The SMILES string of the molecule is CC[C@@H](C)[C@@]1(C)OC(=O)N(CCCCn2cc(-c3cccc(NC(=O)OC(C)(C)C)c3)nn2)[C@@H]1[C@@H](C)NC[C@H](C)C[C@@](C)(OC)[C@H](O[C@@H]1OC(Cn2cc(-c3ccccn3)nn2)CC(N(C)C)C1O)[C@@H](C)C(=O)[C@@H](C)C(=O)O. The molecule has 22 nitrogen and oxygen atoms in total. The third-order valence-electron chi connectivity index (χ3n) is 15.5. The molecule has 0 radical (unpaired) electrons. The predicted molar refractivity (Wildman–Crippen MR) is 292 cm³/mol. The number of ether oxygens (including phenoxy) is 5. The number of rotatable bonds is 27. The van der Waals surface area contributed by atoms with Gasteiger partial charge in [-0.1, -0.05) is 56.3 Å². The molecule has 1 aromatic carbocycles. The van der Waals surface area contributed by atoms with E-state index in [0.29, 0.717) is 68.1 Å². The van der Waals surface area contributed by atoms with Crippen LogP contribution in [0.25, 0.3) is 22.6 Å². The minimum Gasteiger partial charge on any atom is -0.481 e. The molecule has 3 unspecified atom stereocenters. The summed E-state index contributed by atoms with van der Waals surface area (Å²) in [5.74, 6) is -4.24. The molecule has 430 valence electrons. The number of pyridine rings is 1. The van der Waals surface area contributed by atoms with E-state index in [2.05, 4.69) is 63.9 Å². The third kappa shape index (κ3) is 15.3. The topological polar surface area (TPSA) is 260 Å². The largest absolute Gasteiger partial charge is 0.481 e. The summed E-state index contributed by atoms with van der Waals surface area (Å²) in [4.78, 5) is 60.6. The standard InChI is InChI=1S/C56H85N11O11/c1-15-35(3)56(11)48(67(53(73)78-56)26-19-18-25-65-32-43(60-62-65)39-21-20-22-40(27-39)59-52(72)77-54(7,8)9)38(6)58-30-34(2)29-55(10,74-14)49(36(4)46(68)37(5)50(70)71)76-51-47(69)45(64(12)13)28-41(75-51)31-66-33-44(61-63-66)42-23-16-17-24-57-42/h16-17,20-24,27,32-38,41,45,47-49,51,58,69H,15,18-19,25-26,28-31H2,1-14H3,(H,59,72)(H,70,71)/t34-,35-,36+,37-,38-,41?,45?,47?,48-,49-,51+,55-,56-/m1/s1. The molecule has 0 saturated carbocycles. The van der Waals surface area contributed by atoms with Gasteiger partial charge in [0.1, 0.15) is 34.6 Å². The number of unbranched alkanes of at least 4 members (excludes halogenated alkanes) is 1. The normalized spacial score (nSPS) is 23.9. The number of aliphatic hydroxyl groups excluding tert-OH is 1. The van der Waals surface area contributed by atoms with Crippen molar-refractivity contribution in [2.75, 3.05) is 39.6 Å². The number of hydrogen-bond donors (Lipinski definition) is 4. The molecule has 5 heterocycles. The molecule has 2 aliphatic rings. The van der Waals surface area contributed by atoms with Crippen molar-refractivity contribution in [3.8, 4) is 22.6 Å². The lowest BCUT2D eigenvalue weighted by molar-refractivity contribution is -0.299. The van der Waals surface area contributed by atoms with E-state index in [4.69, 9.17) is 23.7 Å². The molecule has 3 aromatic heterocycles. The number of carbonyl (C=O) groups is 4. The number of methoxy groups -OCH3 is 1. The number of Topliss-reactive ketones (excluding diaryl/α,β-unsaturated/α-hetero) is 1. The first kappa shape index (κ1) is 61.3. The third-order valence-corrected chi connectivity index (χ3v) is 15.5. The minimum absolute atomic E-state index is 0.0377. The van der Waals surface area contributed by atoms with Gasteiger partial charge in [-0.05, 0) is 137 Å². The molecule has 2 aliphatic heterocycles. The molecule has 13 atom stereocenters. The van der Waals surface area contributed by atoms with Gasteiger partial charge in [0.05, 0.1) is 48.5 Å². The fourth-order valence-electron chi connectivity index (χ4n) is 10.9. The summed E-state index contributed by atoms with van der Waals surface area (Å²) < 4.78 is 34.8. The number of likely N-dealkylation sites (N-methyl/N-ethyl adjacent to an activating group) is 1. The molecule has 2 saturated heterocycles. The number of benzene rings is 1. The van der Waals surface area contributed by atoms with Gasteiger partial charge < -0.3 is 44.1 Å². The molecular formula is C56H85N11O11. The van der Waals surface area contributed by atoms with Crippen LogP contribution in [0, 0.1) is 23.7 Å². The summed E-state index contributed by atoms with van der Waals surface area (Å²) in [5, 5.41) is 45.8. The van der Waals surface area contributed by atoms with Crippen LogP contribution in [0.4, 0.5) is 15.3 Å². The number of carboxylic acid groups (broad SMARTS) is 1. The summed E-state index contributed by atoms with van der Waals surface area (Å²) in [5.41, 5.74) is 0.620. The molecule has 4 aromatic rings. The lowest BCUT2D eigenvalue weighted by atomic mass is 9.78. The van der Waals surface area contributed by atoms with Crippen molar-refractivity contribution >= 4 is 29.6 Å². The zero-order valence-corrected chi connectivity index (χ0v) is 48.1. The number of anilines is 1. The van der Waals surface area contributed by atoms with Gasteiger partial charge in [0.15, 0.2) is 12.1 Å². The van der Waals surface area contributed by atoms with E-state index >= 15 is 0 Å². The number of nitrogens with one attached hydrogen (secondary N) is 2. The minimum atomic E-state index is -1.34. The van der Waals surface area contributed by atoms with Gasteiger partial charge in [-0.3, -0.25) is 29.5 Å². The highest BCUT2D eigenvalue weighted by atomic mass is 16.7. The number of carbonyl (C=O) groups excluding carboxylic acids is 3. The van der Waals surface area contributed by atoms with E-state index in [0.717, 1.165) is 12.0 Å². The predicted octanol–water partition coefficient (Wildman–Crippen LogP) is 7.18. The average Bonchev–Trinajstić information content (AvgIpc) is 4.23. The highest BCUT2D eigenvalue weighted by molar-refractivity contribution is 5.99. The van der Waals surface area contributed by atoms with E-state index in [1.54, 1.807) is 55.5 Å². The number of aliphatic carboxylic acids is 1. The lowest BCUT2D eigenvalue weighted by Crippen LogP contribution is -2.60. The number of nitrogens with zero attached hydrogens (tertiary/aromatic N) is 9. The van der Waals surface area contributed by atoms with Gasteiger partial charge in [-0.2, -0.15) is 0 Å². The Morgan fingerprint density at radius 1 is 0.949 bits per heavy atom. The lowest BCUT2D eigenvalue weighted by Gasteiger charge is -2.47. The maximum atomic E-state index is 14.0. The number of carboxylic acids is 1. The highest BCUT2D eigenvalue weighted by Crippen LogP contribution is 2.40. The number of hydrogen-bond acceptors (Lipinski definition) is 17. The van der Waals surface area contributed by atoms with Crippen molar-refractivity contribution < 1.29 is 53.1 Å². The van der Waals surface area contributed by atoms with Crippen molar-refractivity contribution in [3.05, 3.63) is 61.1 Å². The van der Waals surface area contributed by atoms with E-state index in [1.807, 2.05) is 80.3 Å². The van der Waals surface area contributed by atoms with E-state index in [-0.39, 0.29) is 36.6 Å². The number of ketones is 1. The van der Waals surface area contributed by atoms with Gasteiger partial charge >= 0.3 is 18.2 Å². The van der Waals surface area contributed by atoms with Crippen molar-refractivity contribution in [2.45, 2.75) is 181 Å². The Hall–Kier alpha value is -5.91. The summed E-state index contributed by atoms with van der Waals surface area (Å²) in [6.45, 7) is 22.3. The van der Waals surface area contributed by atoms with Crippen molar-refractivity contribution in [1.82, 2.24) is 50.1 Å². The first-order chi connectivity index (χ1) is 36.8. The molecule has 0 spiro atoms. The van der Waals surface area contributed by atoms with Gasteiger partial charge in [0.25, 0.3) is 0 Å². The average molecular weight is 1090 g/mol. The second-order valence-corrected chi connectivity index (χ2v) is 23.0. The second kappa shape index (κ2) is 26.4. The Morgan fingerprint density at radius 3 is 2.29 bits per heavy atom. The first-order valence-corrected chi connectivity index (χ1v) is 27.3. The van der Waals surface area contributed by atoms with Crippen LogP contribution in [-0.4, -0.2) is 173 Å². The number of aliphatic hydroxyl groups is 1. The van der Waals surface area contributed by atoms with Crippen LogP contribution in [0.2, 0.25) is 0 Å². The maximum absolute atomic E-state index is 14.0. The summed E-state index contributed by atoms with van der Waals surface area (Å²) >= 11 is 0. The Labute approximate surface area is 459 Å². The number of amides is 2. The van der Waals surface area contributed by atoms with E-state index in [9.17, 15) is 29.4 Å². The molecule has 78 heavy (non-hydrogen) atoms. The van der Waals surface area contributed by atoms with Crippen LogP contribution in [0.15, 0.2) is 61.1 Å². The van der Waals surface area contributed by atoms with E-state index < -0.39 is 77.1 Å². The Balaban J connectivity index is 1.13. The van der Waals surface area contributed by atoms with Crippen molar-refractivity contribution in [2.24, 2.45) is 23.7 Å². The Morgan fingerprint density at radius 2 is 1.64 bits per heavy atom. The van der Waals surface area contributed by atoms with Crippen LogP contribution in [-0.2, 0) is 46.4 Å². The van der Waals surface area contributed by atoms with Crippen LogP contribution >= 0.6 is 0 Å². The zero-order chi connectivity index (χ0) is 57.3. The number of aromatic nitrogens is 7. The molecular weight excluding hydrogens is 1000 g/mol. The molecule has 0 bridgehead atoms.